The summed E-state index contributed by atoms with van der Waals surface area (Å²) in [5, 5.41) is 23.5. The van der Waals surface area contributed by atoms with Gasteiger partial charge in [0.1, 0.15) is 23.7 Å². The number of halogens is 2. The Morgan fingerprint density at radius 3 is 2.22 bits per heavy atom. The fourth-order valence-corrected chi connectivity index (χ4v) is 4.46. The molecule has 0 atom stereocenters. The molecule has 3 heterocycles. The van der Waals surface area contributed by atoms with E-state index in [1.807, 2.05) is 13.8 Å². The summed E-state index contributed by atoms with van der Waals surface area (Å²) in [5.74, 6) is -1.66. The molecule has 0 aliphatic carbocycles. The summed E-state index contributed by atoms with van der Waals surface area (Å²) in [6, 6.07) is 14.5. The summed E-state index contributed by atoms with van der Waals surface area (Å²) in [7, 11) is 0. The first kappa shape index (κ1) is 24.3. The van der Waals surface area contributed by atoms with E-state index in [1.54, 1.807) is 35.1 Å². The number of aromatic nitrogens is 5. The molecule has 0 spiro atoms. The minimum atomic E-state index is -2.23. The smallest absolute Gasteiger partial charge is 0.258 e. The number of carbonyl (C=O) groups is 1. The third-order valence-corrected chi connectivity index (χ3v) is 6.31. The van der Waals surface area contributed by atoms with Crippen molar-refractivity contribution in [2.75, 3.05) is 5.32 Å². The van der Waals surface area contributed by atoms with Crippen molar-refractivity contribution >= 4 is 17.4 Å². The first-order valence-electron chi connectivity index (χ1n) is 11.8. The van der Waals surface area contributed by atoms with Crippen LogP contribution in [0.4, 0.5) is 14.7 Å². The Morgan fingerprint density at radius 2 is 1.65 bits per heavy atom. The lowest BCUT2D eigenvalue weighted by atomic mass is 9.80. The molecule has 10 heteroatoms. The zero-order chi connectivity index (χ0) is 26.2. The number of benzene rings is 2. The van der Waals surface area contributed by atoms with Gasteiger partial charge in [-0.15, -0.1) is 5.10 Å². The maximum atomic E-state index is 15.1. The Balaban J connectivity index is 1.66. The molecule has 0 aliphatic rings. The number of pyridine rings is 1. The second-order valence-electron chi connectivity index (χ2n) is 8.47. The van der Waals surface area contributed by atoms with E-state index in [2.05, 4.69) is 20.5 Å². The summed E-state index contributed by atoms with van der Waals surface area (Å²) in [6.45, 7) is 4.36. The first-order chi connectivity index (χ1) is 17.9. The molecule has 0 radical (unpaired) electrons. The Hall–Kier alpha value is -4.44. The van der Waals surface area contributed by atoms with E-state index in [9.17, 15) is 9.90 Å². The van der Waals surface area contributed by atoms with Crippen LogP contribution in [0.2, 0.25) is 0 Å². The van der Waals surface area contributed by atoms with E-state index >= 15 is 8.78 Å². The molecular weight excluding hydrogens is 478 g/mol. The van der Waals surface area contributed by atoms with Crippen molar-refractivity contribution in [1.29, 1.82) is 0 Å². The molecule has 0 fully saturated rings. The van der Waals surface area contributed by atoms with Gasteiger partial charge in [-0.25, -0.2) is 18.3 Å². The third-order valence-electron chi connectivity index (χ3n) is 6.31. The highest BCUT2D eigenvalue weighted by atomic mass is 19.1. The molecule has 37 heavy (non-hydrogen) atoms. The predicted molar refractivity (Wildman–Crippen MR) is 133 cm³/mol. The summed E-state index contributed by atoms with van der Waals surface area (Å²) < 4.78 is 33.3. The minimum absolute atomic E-state index is 0.0751. The molecular formula is C27H24F2N6O2. The molecule has 8 nitrogen and oxygen atoms in total. The van der Waals surface area contributed by atoms with Gasteiger partial charge in [0.05, 0.1) is 5.52 Å². The van der Waals surface area contributed by atoms with Gasteiger partial charge in [0.2, 0.25) is 5.95 Å². The molecule has 0 bridgehead atoms. The summed E-state index contributed by atoms with van der Waals surface area (Å²) in [6.07, 6.45) is 3.45. The molecule has 5 rings (SSSR count). The van der Waals surface area contributed by atoms with Crippen molar-refractivity contribution in [3.05, 3.63) is 113 Å². The largest absolute Gasteiger partial charge is 0.374 e. The Bertz CT molecular complexity index is 1560. The Morgan fingerprint density at radius 1 is 1.00 bits per heavy atom. The lowest BCUT2D eigenvalue weighted by Crippen LogP contribution is -2.33. The highest BCUT2D eigenvalue weighted by Crippen LogP contribution is 2.41. The standard InChI is InChI=1S/C27H24F2N6O2/c1-3-18-23-15-17(25(36)31-26-30-16-34(4-2)33-26)13-14-35(23)32-24(18)27(37,19-9-5-7-11-21(19)28)20-10-6-8-12-22(20)29/h5-16,37H,3-4H2,1-2H3,(H,31,33,36). The van der Waals surface area contributed by atoms with Crippen molar-refractivity contribution in [2.24, 2.45) is 0 Å². The lowest BCUT2D eigenvalue weighted by Gasteiger charge is -2.29. The average Bonchev–Trinajstić information content (AvgIpc) is 3.52. The van der Waals surface area contributed by atoms with E-state index in [1.165, 1.54) is 47.2 Å². The van der Waals surface area contributed by atoms with Crippen molar-refractivity contribution in [2.45, 2.75) is 32.4 Å². The van der Waals surface area contributed by atoms with Crippen LogP contribution >= 0.6 is 0 Å². The zero-order valence-electron chi connectivity index (χ0n) is 20.2. The number of aliphatic hydroxyl groups is 1. The van der Waals surface area contributed by atoms with Crippen LogP contribution in [0.15, 0.2) is 73.2 Å². The van der Waals surface area contributed by atoms with Crippen LogP contribution in [-0.2, 0) is 18.6 Å². The van der Waals surface area contributed by atoms with Gasteiger partial charge in [-0.2, -0.15) is 5.10 Å². The molecule has 2 N–H and O–H groups in total. The summed E-state index contributed by atoms with van der Waals surface area (Å²) in [4.78, 5) is 17.0. The Labute approximate surface area is 211 Å². The molecule has 0 aliphatic heterocycles. The number of carbonyl (C=O) groups excluding carboxylic acids is 1. The third kappa shape index (κ3) is 4.15. The SMILES string of the molecule is CCc1c(C(O)(c2ccccc2F)c2ccccc2F)nn2ccc(C(=O)Nc3ncn(CC)n3)cc12. The monoisotopic (exact) mass is 502 g/mol. The lowest BCUT2D eigenvalue weighted by molar-refractivity contribution is 0.102. The van der Waals surface area contributed by atoms with Gasteiger partial charge in [0, 0.05) is 35.0 Å². The first-order valence-corrected chi connectivity index (χ1v) is 11.8. The van der Waals surface area contributed by atoms with Crippen LogP contribution in [0.1, 0.15) is 46.6 Å². The summed E-state index contributed by atoms with van der Waals surface area (Å²) in [5.41, 5.74) is -1.05. The molecule has 5 aromatic rings. The van der Waals surface area contributed by atoms with Crippen molar-refractivity contribution in [3.63, 3.8) is 0 Å². The average molecular weight is 503 g/mol. The van der Waals surface area contributed by atoms with E-state index < -0.39 is 23.1 Å². The second-order valence-corrected chi connectivity index (χ2v) is 8.47. The number of amides is 1. The Kier molecular flexibility index (Phi) is 6.26. The predicted octanol–water partition coefficient (Wildman–Crippen LogP) is 4.32. The molecule has 0 unspecified atom stereocenters. The van der Waals surface area contributed by atoms with E-state index in [0.29, 0.717) is 29.6 Å². The van der Waals surface area contributed by atoms with Crippen LogP contribution in [0.25, 0.3) is 5.52 Å². The maximum Gasteiger partial charge on any atom is 0.258 e. The van der Waals surface area contributed by atoms with Gasteiger partial charge < -0.3 is 5.11 Å². The van der Waals surface area contributed by atoms with Crippen LogP contribution in [0.3, 0.4) is 0 Å². The van der Waals surface area contributed by atoms with Gasteiger partial charge in [-0.3, -0.25) is 14.8 Å². The van der Waals surface area contributed by atoms with Gasteiger partial charge in [-0.05, 0) is 37.6 Å². The second kappa shape index (κ2) is 9.55. The van der Waals surface area contributed by atoms with Crippen LogP contribution in [0, 0.1) is 11.6 Å². The van der Waals surface area contributed by atoms with E-state index in [4.69, 9.17) is 0 Å². The number of hydrogen-bond donors (Lipinski definition) is 2. The molecule has 0 saturated carbocycles. The van der Waals surface area contributed by atoms with Crippen molar-refractivity contribution in [1.82, 2.24) is 24.4 Å². The quantitative estimate of drug-likeness (QED) is 0.346. The number of nitrogens with one attached hydrogen (secondary N) is 1. The molecule has 2 aromatic carbocycles. The molecule has 3 aromatic heterocycles. The summed E-state index contributed by atoms with van der Waals surface area (Å²) >= 11 is 0. The number of fused-ring (bicyclic) bond motifs is 1. The normalized spacial score (nSPS) is 11.7. The molecule has 1 amide bonds. The topological polar surface area (TPSA) is 97.3 Å². The zero-order valence-corrected chi connectivity index (χ0v) is 20.2. The number of nitrogens with zero attached hydrogens (tertiary/aromatic N) is 5. The molecule has 0 saturated heterocycles. The van der Waals surface area contributed by atoms with E-state index in [-0.39, 0.29) is 22.8 Å². The minimum Gasteiger partial charge on any atom is -0.374 e. The maximum absolute atomic E-state index is 15.1. The van der Waals surface area contributed by atoms with Gasteiger partial charge in [-0.1, -0.05) is 43.3 Å². The van der Waals surface area contributed by atoms with Gasteiger partial charge in [0.15, 0.2) is 5.60 Å². The number of hydrogen-bond acceptors (Lipinski definition) is 5. The highest BCUT2D eigenvalue weighted by Gasteiger charge is 2.42. The fraction of sp³-hybridized carbons (Fsp3) is 0.185. The molecule has 188 valence electrons. The van der Waals surface area contributed by atoms with Crippen LogP contribution < -0.4 is 5.32 Å². The van der Waals surface area contributed by atoms with Crippen molar-refractivity contribution in [3.8, 4) is 0 Å². The van der Waals surface area contributed by atoms with Gasteiger partial charge in [0.25, 0.3) is 5.91 Å². The van der Waals surface area contributed by atoms with Crippen molar-refractivity contribution < 1.29 is 18.7 Å². The highest BCUT2D eigenvalue weighted by molar-refractivity contribution is 6.04. The van der Waals surface area contributed by atoms with Crippen LogP contribution in [0.5, 0.6) is 0 Å². The van der Waals surface area contributed by atoms with Gasteiger partial charge >= 0.3 is 0 Å². The van der Waals surface area contributed by atoms with E-state index in [0.717, 1.165) is 0 Å². The number of aryl methyl sites for hydroxylation is 2. The van der Waals surface area contributed by atoms with Crippen LogP contribution in [-0.4, -0.2) is 35.4 Å². The number of anilines is 1. The number of rotatable bonds is 7. The fourth-order valence-electron chi connectivity index (χ4n) is 4.46.